The van der Waals surface area contributed by atoms with Gasteiger partial charge in [0.15, 0.2) is 11.5 Å². The van der Waals surface area contributed by atoms with E-state index < -0.39 is 40.4 Å². The van der Waals surface area contributed by atoms with Crippen LogP contribution in [-0.2, 0) is 17.2 Å². The second-order valence-corrected chi connectivity index (χ2v) is 9.57. The number of pyridine rings is 1. The Morgan fingerprint density at radius 2 is 1.88 bits per heavy atom. The molecule has 0 saturated carbocycles. The zero-order valence-corrected chi connectivity index (χ0v) is 21.0. The van der Waals surface area contributed by atoms with Gasteiger partial charge in [-0.15, -0.1) is 0 Å². The van der Waals surface area contributed by atoms with Gasteiger partial charge in [-0.05, 0) is 40.2 Å². The molecule has 15 heteroatoms. The third kappa shape index (κ3) is 5.80. The number of benzene rings is 1. The van der Waals surface area contributed by atoms with Crippen molar-refractivity contribution in [1.29, 1.82) is 0 Å². The number of amides is 2. The summed E-state index contributed by atoms with van der Waals surface area (Å²) in [4.78, 5) is 29.4. The quantitative estimate of drug-likeness (QED) is 0.424. The number of hydrogen-bond acceptors (Lipinski definition) is 5. The SMILES string of the molecule is CS(=O)NC(=O)c1cc(Br)cc(Br)c1NC(=O)c1cc(C(F)(F)F)nn1-c1ncccc1Cl. The molecule has 1 unspecified atom stereocenters. The molecule has 1 aromatic carbocycles. The van der Waals surface area contributed by atoms with Crippen LogP contribution in [0.3, 0.4) is 0 Å². The molecule has 3 aromatic rings. The number of rotatable bonds is 5. The second kappa shape index (κ2) is 9.91. The number of halogens is 6. The number of nitrogens with zero attached hydrogens (tertiary/aromatic N) is 3. The van der Waals surface area contributed by atoms with E-state index >= 15 is 0 Å². The van der Waals surface area contributed by atoms with Crippen LogP contribution in [0.2, 0.25) is 5.02 Å². The van der Waals surface area contributed by atoms with Gasteiger partial charge in [0.2, 0.25) is 0 Å². The van der Waals surface area contributed by atoms with Crippen LogP contribution in [0, 0.1) is 0 Å². The summed E-state index contributed by atoms with van der Waals surface area (Å²) < 4.78 is 54.9. The van der Waals surface area contributed by atoms with Gasteiger partial charge in [0.1, 0.15) is 16.7 Å². The van der Waals surface area contributed by atoms with Crippen LogP contribution in [-0.4, -0.2) is 37.0 Å². The highest BCUT2D eigenvalue weighted by atomic mass is 79.9. The highest BCUT2D eigenvalue weighted by Gasteiger charge is 2.37. The predicted molar refractivity (Wildman–Crippen MR) is 123 cm³/mol. The third-order valence-corrected chi connectivity index (χ3v) is 5.80. The van der Waals surface area contributed by atoms with E-state index in [1.54, 1.807) is 0 Å². The van der Waals surface area contributed by atoms with Crippen molar-refractivity contribution in [2.24, 2.45) is 0 Å². The first-order valence-corrected chi connectivity index (χ1v) is 12.1. The molecule has 174 valence electrons. The van der Waals surface area contributed by atoms with Crippen LogP contribution in [0.25, 0.3) is 5.82 Å². The standard InChI is InChI=1S/C18H11Br2ClF3N5O3S/c1-33(32)28-16(30)9-5-8(19)6-10(20)14(9)26-17(31)12-7-13(18(22,23)24)27-29(12)15-11(21)3-2-4-25-15/h2-7H,1H3,(H,26,31)(H,28,30). The minimum absolute atomic E-state index is 0.0429. The molecule has 0 bridgehead atoms. The molecule has 8 nitrogen and oxygen atoms in total. The maximum absolute atomic E-state index is 13.3. The normalized spacial score (nSPS) is 12.3. The zero-order chi connectivity index (χ0) is 24.5. The second-order valence-electron chi connectivity index (χ2n) is 6.28. The lowest BCUT2D eigenvalue weighted by Gasteiger charge is -2.14. The Labute approximate surface area is 208 Å². The van der Waals surface area contributed by atoms with Gasteiger partial charge in [-0.2, -0.15) is 18.3 Å². The molecule has 2 amide bonds. The van der Waals surface area contributed by atoms with Crippen molar-refractivity contribution in [3.8, 4) is 5.82 Å². The lowest BCUT2D eigenvalue weighted by atomic mass is 10.1. The van der Waals surface area contributed by atoms with E-state index in [0.717, 1.165) is 0 Å². The molecule has 3 rings (SSSR count). The van der Waals surface area contributed by atoms with E-state index in [-0.39, 0.29) is 26.6 Å². The minimum atomic E-state index is -4.85. The summed E-state index contributed by atoms with van der Waals surface area (Å²) >= 11 is 12.5. The van der Waals surface area contributed by atoms with Crippen LogP contribution >= 0.6 is 43.5 Å². The first kappa shape index (κ1) is 25.3. The van der Waals surface area contributed by atoms with Crippen molar-refractivity contribution >= 4 is 71.9 Å². The number of carbonyl (C=O) groups excluding carboxylic acids is 2. The van der Waals surface area contributed by atoms with E-state index in [1.165, 1.54) is 36.7 Å². The van der Waals surface area contributed by atoms with Gasteiger partial charge in [-0.25, -0.2) is 13.9 Å². The van der Waals surface area contributed by atoms with Crippen LogP contribution in [0.4, 0.5) is 18.9 Å². The molecule has 0 fully saturated rings. The van der Waals surface area contributed by atoms with Crippen molar-refractivity contribution in [2.45, 2.75) is 6.18 Å². The topological polar surface area (TPSA) is 106 Å². The summed E-state index contributed by atoms with van der Waals surface area (Å²) in [5.41, 5.74) is -2.05. The van der Waals surface area contributed by atoms with Crippen molar-refractivity contribution < 1.29 is 27.0 Å². The van der Waals surface area contributed by atoms with Crippen molar-refractivity contribution in [3.05, 3.63) is 67.4 Å². The molecule has 2 aromatic heterocycles. The van der Waals surface area contributed by atoms with Crippen molar-refractivity contribution in [3.63, 3.8) is 0 Å². The number of hydrogen-bond donors (Lipinski definition) is 2. The molecular formula is C18H11Br2ClF3N5O3S. The van der Waals surface area contributed by atoms with E-state index in [0.29, 0.717) is 15.2 Å². The molecule has 2 heterocycles. The summed E-state index contributed by atoms with van der Waals surface area (Å²) in [5.74, 6) is -2.02. The van der Waals surface area contributed by atoms with Gasteiger partial charge in [-0.1, -0.05) is 27.5 Å². The first-order valence-electron chi connectivity index (χ1n) is 8.61. The molecule has 0 spiro atoms. The molecule has 1 atom stereocenters. The molecule has 0 radical (unpaired) electrons. The Morgan fingerprint density at radius 1 is 1.18 bits per heavy atom. The molecule has 0 saturated heterocycles. The van der Waals surface area contributed by atoms with Crippen LogP contribution < -0.4 is 10.0 Å². The fourth-order valence-electron chi connectivity index (χ4n) is 2.62. The van der Waals surface area contributed by atoms with Gasteiger partial charge >= 0.3 is 6.18 Å². The Balaban J connectivity index is 2.11. The summed E-state index contributed by atoms with van der Waals surface area (Å²) in [6, 6.07) is 6.22. The molecule has 0 aliphatic rings. The van der Waals surface area contributed by atoms with Gasteiger partial charge in [0.25, 0.3) is 11.8 Å². The summed E-state index contributed by atoms with van der Waals surface area (Å²) in [6.45, 7) is 0. The van der Waals surface area contributed by atoms with E-state index in [2.05, 4.69) is 52.0 Å². The maximum atomic E-state index is 13.3. The number of alkyl halides is 3. The van der Waals surface area contributed by atoms with Crippen LogP contribution in [0.1, 0.15) is 26.5 Å². The average Bonchev–Trinajstić information content (AvgIpc) is 3.15. The lowest BCUT2D eigenvalue weighted by Crippen LogP contribution is -2.27. The average molecular weight is 630 g/mol. The number of nitrogens with one attached hydrogen (secondary N) is 2. The minimum Gasteiger partial charge on any atom is -0.319 e. The summed E-state index contributed by atoms with van der Waals surface area (Å²) in [5, 5.41) is 5.82. The van der Waals surface area contributed by atoms with Crippen molar-refractivity contribution in [2.75, 3.05) is 11.6 Å². The monoisotopic (exact) mass is 627 g/mol. The van der Waals surface area contributed by atoms with Gasteiger partial charge < -0.3 is 5.32 Å². The first-order chi connectivity index (χ1) is 15.4. The fraction of sp³-hybridized carbons (Fsp3) is 0.111. The predicted octanol–water partition coefficient (Wildman–Crippen LogP) is 4.74. The highest BCUT2D eigenvalue weighted by Crippen LogP contribution is 2.33. The smallest absolute Gasteiger partial charge is 0.319 e. The molecule has 2 N–H and O–H groups in total. The zero-order valence-electron chi connectivity index (χ0n) is 16.2. The third-order valence-electron chi connectivity index (χ3n) is 3.95. The van der Waals surface area contributed by atoms with Crippen LogP contribution in [0.15, 0.2) is 45.5 Å². The lowest BCUT2D eigenvalue weighted by molar-refractivity contribution is -0.141. The molecule has 0 aliphatic heterocycles. The molecule has 33 heavy (non-hydrogen) atoms. The van der Waals surface area contributed by atoms with Gasteiger partial charge in [0.05, 0.1) is 16.3 Å². The summed E-state index contributed by atoms with van der Waals surface area (Å²) in [6.07, 6.45) is -2.34. The van der Waals surface area contributed by atoms with E-state index in [1.807, 2.05) is 0 Å². The van der Waals surface area contributed by atoms with Crippen LogP contribution in [0.5, 0.6) is 0 Å². The Hall–Kier alpha value is -2.29. The van der Waals surface area contributed by atoms with Crippen molar-refractivity contribution in [1.82, 2.24) is 19.5 Å². The maximum Gasteiger partial charge on any atom is 0.435 e. The molecular weight excluding hydrogens is 619 g/mol. The molecule has 0 aliphatic carbocycles. The van der Waals surface area contributed by atoms with Gasteiger partial charge in [0, 0.05) is 27.5 Å². The van der Waals surface area contributed by atoms with Gasteiger partial charge in [-0.3, -0.25) is 14.3 Å². The Kier molecular flexibility index (Phi) is 7.61. The largest absolute Gasteiger partial charge is 0.435 e. The van der Waals surface area contributed by atoms with E-state index in [4.69, 9.17) is 11.6 Å². The highest BCUT2D eigenvalue weighted by molar-refractivity contribution is 9.11. The van der Waals surface area contributed by atoms with E-state index in [9.17, 15) is 27.0 Å². The summed E-state index contributed by atoms with van der Waals surface area (Å²) in [7, 11) is -1.71. The fourth-order valence-corrected chi connectivity index (χ4v) is 4.52. The Morgan fingerprint density at radius 3 is 2.48 bits per heavy atom. The Bertz CT molecular complexity index is 1290. The number of anilines is 1. The number of carbonyl (C=O) groups is 2. The number of aromatic nitrogens is 3.